The van der Waals surface area contributed by atoms with Gasteiger partial charge in [0.05, 0.1) is 5.69 Å². The second kappa shape index (κ2) is 3.45. The van der Waals surface area contributed by atoms with Gasteiger partial charge in [-0.2, -0.15) is 0 Å². The number of aromatic nitrogens is 3. The Morgan fingerprint density at radius 3 is 2.71 bits per heavy atom. The average molecular weight is 192 g/mol. The highest BCUT2D eigenvalue weighted by Gasteiger charge is 2.06. The van der Waals surface area contributed by atoms with Gasteiger partial charge < -0.3 is 0 Å². The van der Waals surface area contributed by atoms with Gasteiger partial charge in [0.15, 0.2) is 11.6 Å². The zero-order valence-electron chi connectivity index (χ0n) is 7.61. The van der Waals surface area contributed by atoms with Crippen molar-refractivity contribution in [1.29, 1.82) is 0 Å². The van der Waals surface area contributed by atoms with Crippen LogP contribution in [-0.4, -0.2) is 14.6 Å². The SMILES string of the molecule is Cc1ncnc(Nn2cccc2)c1F. The predicted molar refractivity (Wildman–Crippen MR) is 50.2 cm³/mol. The Morgan fingerprint density at radius 1 is 1.29 bits per heavy atom. The van der Waals surface area contributed by atoms with Gasteiger partial charge in [0.2, 0.25) is 0 Å². The highest BCUT2D eigenvalue weighted by atomic mass is 19.1. The average Bonchev–Trinajstić information content (AvgIpc) is 2.66. The normalized spacial score (nSPS) is 10.1. The number of aryl methyl sites for hydroxylation is 1. The molecule has 0 saturated heterocycles. The highest BCUT2D eigenvalue weighted by molar-refractivity contribution is 5.36. The lowest BCUT2D eigenvalue weighted by Crippen LogP contribution is -2.10. The standard InChI is InChI=1S/C9H9FN4/c1-7-8(10)9(12-6-11-7)13-14-4-2-3-5-14/h2-6H,1H3,(H,11,12,13). The Balaban J connectivity index is 2.29. The molecule has 72 valence electrons. The summed E-state index contributed by atoms with van der Waals surface area (Å²) in [6.07, 6.45) is 4.85. The maximum Gasteiger partial charge on any atom is 0.188 e. The molecule has 0 aliphatic rings. The number of rotatable bonds is 2. The Labute approximate surface area is 80.4 Å². The van der Waals surface area contributed by atoms with Crippen LogP contribution in [0.3, 0.4) is 0 Å². The van der Waals surface area contributed by atoms with Gasteiger partial charge in [-0.05, 0) is 19.1 Å². The van der Waals surface area contributed by atoms with E-state index in [0.29, 0.717) is 5.69 Å². The minimum atomic E-state index is -0.429. The number of hydrogen-bond donors (Lipinski definition) is 1. The van der Waals surface area contributed by atoms with E-state index in [0.717, 1.165) is 0 Å². The van der Waals surface area contributed by atoms with Crippen molar-refractivity contribution < 1.29 is 4.39 Å². The molecule has 14 heavy (non-hydrogen) atoms. The van der Waals surface area contributed by atoms with Gasteiger partial charge in [0.25, 0.3) is 0 Å². The molecule has 2 aromatic rings. The lowest BCUT2D eigenvalue weighted by molar-refractivity contribution is 0.602. The number of anilines is 1. The quantitative estimate of drug-likeness (QED) is 0.785. The largest absolute Gasteiger partial charge is 0.276 e. The maximum absolute atomic E-state index is 13.4. The lowest BCUT2D eigenvalue weighted by atomic mass is 10.4. The van der Waals surface area contributed by atoms with Crippen molar-refractivity contribution in [3.8, 4) is 0 Å². The number of hydrogen-bond acceptors (Lipinski definition) is 3. The molecule has 2 heterocycles. The monoisotopic (exact) mass is 192 g/mol. The Bertz CT molecular complexity index is 424. The second-order valence-corrected chi connectivity index (χ2v) is 2.82. The third-order valence-corrected chi connectivity index (χ3v) is 1.80. The van der Waals surface area contributed by atoms with E-state index in [2.05, 4.69) is 15.4 Å². The molecule has 0 fully saturated rings. The van der Waals surface area contributed by atoms with E-state index >= 15 is 0 Å². The topological polar surface area (TPSA) is 42.7 Å². The minimum Gasteiger partial charge on any atom is -0.276 e. The van der Waals surface area contributed by atoms with Crippen LogP contribution in [0.25, 0.3) is 0 Å². The van der Waals surface area contributed by atoms with E-state index in [9.17, 15) is 4.39 Å². The first-order valence-electron chi connectivity index (χ1n) is 4.14. The van der Waals surface area contributed by atoms with E-state index in [1.54, 1.807) is 24.0 Å². The summed E-state index contributed by atoms with van der Waals surface area (Å²) in [5, 5.41) is 0. The van der Waals surface area contributed by atoms with Crippen molar-refractivity contribution in [1.82, 2.24) is 14.6 Å². The van der Waals surface area contributed by atoms with E-state index in [-0.39, 0.29) is 5.82 Å². The molecule has 5 heteroatoms. The van der Waals surface area contributed by atoms with Crippen molar-refractivity contribution >= 4 is 5.82 Å². The molecule has 1 N–H and O–H groups in total. The zero-order valence-corrected chi connectivity index (χ0v) is 7.61. The molecule has 2 aromatic heterocycles. The van der Waals surface area contributed by atoms with Crippen LogP contribution >= 0.6 is 0 Å². The molecule has 0 atom stereocenters. The predicted octanol–water partition coefficient (Wildman–Crippen LogP) is 1.60. The smallest absolute Gasteiger partial charge is 0.188 e. The molecule has 0 bridgehead atoms. The fourth-order valence-corrected chi connectivity index (χ4v) is 1.07. The first-order chi connectivity index (χ1) is 6.77. The van der Waals surface area contributed by atoms with Gasteiger partial charge in [0.1, 0.15) is 6.33 Å². The molecular formula is C9H9FN4. The fourth-order valence-electron chi connectivity index (χ4n) is 1.07. The Hall–Kier alpha value is -1.91. The van der Waals surface area contributed by atoms with Crippen molar-refractivity contribution in [2.24, 2.45) is 0 Å². The number of nitrogens with zero attached hydrogens (tertiary/aromatic N) is 3. The van der Waals surface area contributed by atoms with E-state index in [1.165, 1.54) is 6.33 Å². The van der Waals surface area contributed by atoms with Gasteiger partial charge in [-0.1, -0.05) is 0 Å². The zero-order chi connectivity index (χ0) is 9.97. The van der Waals surface area contributed by atoms with Gasteiger partial charge >= 0.3 is 0 Å². The molecule has 4 nitrogen and oxygen atoms in total. The summed E-state index contributed by atoms with van der Waals surface area (Å²) in [6, 6.07) is 3.66. The van der Waals surface area contributed by atoms with Crippen LogP contribution in [0, 0.1) is 12.7 Å². The van der Waals surface area contributed by atoms with E-state index in [1.807, 2.05) is 12.1 Å². The molecule has 0 amide bonds. The fraction of sp³-hybridized carbons (Fsp3) is 0.111. The van der Waals surface area contributed by atoms with Gasteiger partial charge in [-0.3, -0.25) is 10.1 Å². The van der Waals surface area contributed by atoms with Crippen molar-refractivity contribution in [3.63, 3.8) is 0 Å². The van der Waals surface area contributed by atoms with Crippen molar-refractivity contribution in [2.75, 3.05) is 5.43 Å². The summed E-state index contributed by atoms with van der Waals surface area (Å²) in [4.78, 5) is 7.53. The van der Waals surface area contributed by atoms with Crippen LogP contribution < -0.4 is 5.43 Å². The second-order valence-electron chi connectivity index (χ2n) is 2.82. The summed E-state index contributed by atoms with van der Waals surface area (Å²) in [7, 11) is 0. The van der Waals surface area contributed by atoms with E-state index < -0.39 is 5.82 Å². The summed E-state index contributed by atoms with van der Waals surface area (Å²) in [5.41, 5.74) is 3.11. The number of halogens is 1. The first-order valence-corrected chi connectivity index (χ1v) is 4.14. The first kappa shape index (κ1) is 8.68. The van der Waals surface area contributed by atoms with Gasteiger partial charge in [-0.15, -0.1) is 0 Å². The van der Waals surface area contributed by atoms with Crippen LogP contribution in [-0.2, 0) is 0 Å². The summed E-state index contributed by atoms with van der Waals surface area (Å²) in [6.45, 7) is 1.60. The third-order valence-electron chi connectivity index (χ3n) is 1.80. The van der Waals surface area contributed by atoms with Gasteiger partial charge in [0, 0.05) is 12.4 Å². The van der Waals surface area contributed by atoms with Crippen LogP contribution in [0.1, 0.15) is 5.69 Å². The molecule has 0 aromatic carbocycles. The van der Waals surface area contributed by atoms with Crippen molar-refractivity contribution in [3.05, 3.63) is 42.4 Å². The summed E-state index contributed by atoms with van der Waals surface area (Å²) in [5.74, 6) is -0.255. The molecule has 0 spiro atoms. The third kappa shape index (κ3) is 1.56. The minimum absolute atomic E-state index is 0.175. The van der Waals surface area contributed by atoms with Crippen LogP contribution in [0.5, 0.6) is 0 Å². The Kier molecular flexibility index (Phi) is 2.14. The molecule has 2 rings (SSSR count). The van der Waals surface area contributed by atoms with Gasteiger partial charge in [-0.25, -0.2) is 14.4 Å². The maximum atomic E-state index is 13.4. The van der Waals surface area contributed by atoms with Crippen LogP contribution in [0.2, 0.25) is 0 Å². The molecule has 0 aliphatic carbocycles. The molecule has 0 unspecified atom stereocenters. The van der Waals surface area contributed by atoms with E-state index in [4.69, 9.17) is 0 Å². The lowest BCUT2D eigenvalue weighted by Gasteiger charge is -2.07. The molecule has 0 saturated carbocycles. The van der Waals surface area contributed by atoms with Crippen LogP contribution in [0.15, 0.2) is 30.9 Å². The summed E-state index contributed by atoms with van der Waals surface area (Å²) < 4.78 is 15.0. The van der Waals surface area contributed by atoms with Crippen LogP contribution in [0.4, 0.5) is 10.2 Å². The molecular weight excluding hydrogens is 183 g/mol. The Morgan fingerprint density at radius 2 is 2.00 bits per heavy atom. The molecule has 0 radical (unpaired) electrons. The number of nitrogens with one attached hydrogen (secondary N) is 1. The highest BCUT2D eigenvalue weighted by Crippen LogP contribution is 2.11. The van der Waals surface area contributed by atoms with Crippen molar-refractivity contribution in [2.45, 2.75) is 6.92 Å². The molecule has 0 aliphatic heterocycles. The summed E-state index contributed by atoms with van der Waals surface area (Å²) >= 11 is 0.